The molecule has 3 aromatic heterocycles. The Morgan fingerprint density at radius 2 is 1.94 bits per heavy atom. The number of nitrogens with zero attached hydrogens (tertiary/aromatic N) is 5. The Labute approximate surface area is 190 Å². The zero-order chi connectivity index (χ0) is 22.8. The van der Waals surface area contributed by atoms with Crippen LogP contribution in [0, 0.1) is 6.57 Å². The molecule has 33 heavy (non-hydrogen) atoms. The molecule has 1 aliphatic heterocycles. The maximum atomic E-state index is 12.6. The summed E-state index contributed by atoms with van der Waals surface area (Å²) in [5.74, 6) is 1.66. The average molecular weight is 439 g/mol. The van der Waals surface area contributed by atoms with Gasteiger partial charge in [0.15, 0.2) is 5.69 Å². The summed E-state index contributed by atoms with van der Waals surface area (Å²) in [7, 11) is 0. The van der Waals surface area contributed by atoms with Gasteiger partial charge < -0.3 is 15.8 Å². The molecule has 0 radical (unpaired) electrons. The van der Waals surface area contributed by atoms with Gasteiger partial charge in [0.25, 0.3) is 5.91 Å². The van der Waals surface area contributed by atoms with Gasteiger partial charge in [-0.25, -0.2) is 19.8 Å². The first-order valence-electron chi connectivity index (χ1n) is 10.6. The highest BCUT2D eigenvalue weighted by atomic mass is 16.5. The Bertz CT molecular complexity index is 1370. The number of hydrogen-bond donors (Lipinski definition) is 2. The number of aromatic nitrogens is 4. The fourth-order valence-electron chi connectivity index (χ4n) is 4.06. The molecule has 1 amide bonds. The summed E-state index contributed by atoms with van der Waals surface area (Å²) < 4.78 is 7.53. The van der Waals surface area contributed by atoms with E-state index in [0.29, 0.717) is 36.1 Å². The summed E-state index contributed by atoms with van der Waals surface area (Å²) in [6.45, 7) is 8.52. The lowest BCUT2D eigenvalue weighted by Crippen LogP contribution is -2.16. The van der Waals surface area contributed by atoms with E-state index in [1.807, 2.05) is 22.7 Å². The highest BCUT2D eigenvalue weighted by molar-refractivity contribution is 6.04. The van der Waals surface area contributed by atoms with Crippen LogP contribution in [0.15, 0.2) is 55.0 Å². The second-order valence-electron chi connectivity index (χ2n) is 7.78. The van der Waals surface area contributed by atoms with Gasteiger partial charge in [-0.3, -0.25) is 9.20 Å². The van der Waals surface area contributed by atoms with E-state index in [0.717, 1.165) is 35.4 Å². The van der Waals surface area contributed by atoms with Crippen LogP contribution in [0.3, 0.4) is 0 Å². The molecule has 4 heterocycles. The van der Waals surface area contributed by atoms with E-state index in [2.05, 4.69) is 20.1 Å². The monoisotopic (exact) mass is 439 g/mol. The second-order valence-corrected chi connectivity index (χ2v) is 7.78. The fourth-order valence-corrected chi connectivity index (χ4v) is 4.06. The van der Waals surface area contributed by atoms with Crippen LogP contribution in [-0.4, -0.2) is 38.5 Å². The number of carbonyl (C=O) groups excluding carboxylic acids is 1. The largest absolute Gasteiger partial charge is 0.382 e. The maximum absolute atomic E-state index is 12.6. The Morgan fingerprint density at radius 1 is 1.15 bits per heavy atom. The highest BCUT2D eigenvalue weighted by Gasteiger charge is 2.24. The summed E-state index contributed by atoms with van der Waals surface area (Å²) >= 11 is 0. The molecule has 0 spiro atoms. The molecule has 5 rings (SSSR count). The van der Waals surface area contributed by atoms with E-state index in [9.17, 15) is 4.79 Å². The molecule has 0 atom stereocenters. The van der Waals surface area contributed by atoms with E-state index < -0.39 is 0 Å². The lowest BCUT2D eigenvalue weighted by Gasteiger charge is -2.20. The van der Waals surface area contributed by atoms with Crippen molar-refractivity contribution in [1.82, 2.24) is 19.4 Å². The maximum Gasteiger partial charge on any atom is 0.256 e. The number of benzene rings is 1. The van der Waals surface area contributed by atoms with E-state index in [1.54, 1.807) is 24.4 Å². The smallest absolute Gasteiger partial charge is 0.256 e. The lowest BCUT2D eigenvalue weighted by atomic mass is 9.99. The number of nitrogen functional groups attached to an aromatic ring is 1. The minimum absolute atomic E-state index is 0.283. The van der Waals surface area contributed by atoms with Gasteiger partial charge in [0.05, 0.1) is 6.57 Å². The number of nitrogens with two attached hydrogens (primary N) is 1. The third-order valence-corrected chi connectivity index (χ3v) is 5.73. The summed E-state index contributed by atoms with van der Waals surface area (Å²) in [4.78, 5) is 29.3. The molecule has 0 saturated carbocycles. The first-order valence-corrected chi connectivity index (χ1v) is 10.6. The first kappa shape index (κ1) is 20.6. The van der Waals surface area contributed by atoms with Crippen molar-refractivity contribution in [3.05, 3.63) is 77.8 Å². The molecule has 9 heteroatoms. The zero-order valence-electron chi connectivity index (χ0n) is 17.7. The van der Waals surface area contributed by atoms with Gasteiger partial charge in [0.1, 0.15) is 28.7 Å². The van der Waals surface area contributed by atoms with Crippen molar-refractivity contribution in [1.29, 1.82) is 0 Å². The van der Waals surface area contributed by atoms with Gasteiger partial charge in [0, 0.05) is 48.8 Å². The molecule has 164 valence electrons. The Hall–Kier alpha value is -4.29. The predicted molar refractivity (Wildman–Crippen MR) is 124 cm³/mol. The van der Waals surface area contributed by atoms with Gasteiger partial charge in [-0.1, -0.05) is 12.1 Å². The summed E-state index contributed by atoms with van der Waals surface area (Å²) in [6.07, 6.45) is 6.87. The van der Waals surface area contributed by atoms with E-state index in [1.165, 1.54) is 12.3 Å². The van der Waals surface area contributed by atoms with Crippen LogP contribution in [0.25, 0.3) is 21.6 Å². The number of anilines is 2. The number of ether oxygens (including phenoxy) is 1. The Morgan fingerprint density at radius 3 is 2.70 bits per heavy atom. The molecule has 1 aromatic carbocycles. The van der Waals surface area contributed by atoms with Crippen molar-refractivity contribution in [3.8, 4) is 11.3 Å². The molecule has 0 aliphatic carbocycles. The number of rotatable bonds is 4. The van der Waals surface area contributed by atoms with Crippen molar-refractivity contribution in [2.24, 2.45) is 0 Å². The van der Waals surface area contributed by atoms with Crippen LogP contribution < -0.4 is 11.1 Å². The van der Waals surface area contributed by atoms with Gasteiger partial charge in [-0.2, -0.15) is 0 Å². The second kappa shape index (κ2) is 8.68. The SMILES string of the molecule is [C-]#[N+]c1ccnc(NC(=O)c2ccc(-c3nc(C4CCOCC4)n4ccnc(N)c34)cc2)c1. The van der Waals surface area contributed by atoms with Crippen molar-refractivity contribution in [2.45, 2.75) is 18.8 Å². The number of nitrogens with one attached hydrogen (secondary N) is 1. The molecule has 4 aromatic rings. The van der Waals surface area contributed by atoms with Crippen molar-refractivity contribution in [2.75, 3.05) is 24.3 Å². The molecule has 9 nitrogen and oxygen atoms in total. The molecule has 0 unspecified atom stereocenters. The normalized spacial score (nSPS) is 14.2. The van der Waals surface area contributed by atoms with Crippen molar-refractivity contribution >= 4 is 28.7 Å². The molecule has 1 fully saturated rings. The quantitative estimate of drug-likeness (QED) is 0.464. The highest BCUT2D eigenvalue weighted by Crippen LogP contribution is 2.34. The van der Waals surface area contributed by atoms with Gasteiger partial charge in [-0.05, 0) is 37.1 Å². The molecule has 1 saturated heterocycles. The van der Waals surface area contributed by atoms with Gasteiger partial charge in [0.2, 0.25) is 0 Å². The molecular weight excluding hydrogens is 418 g/mol. The van der Waals surface area contributed by atoms with Crippen LogP contribution in [-0.2, 0) is 4.74 Å². The van der Waals surface area contributed by atoms with Crippen molar-refractivity contribution < 1.29 is 9.53 Å². The summed E-state index contributed by atoms with van der Waals surface area (Å²) in [5, 5.41) is 2.72. The van der Waals surface area contributed by atoms with Crippen LogP contribution in [0.2, 0.25) is 0 Å². The van der Waals surface area contributed by atoms with E-state index in [-0.39, 0.29) is 11.8 Å². The molecular formula is C24H21N7O2. The number of imidazole rings is 1. The standard InChI is InChI=1S/C24H21N7O2/c1-26-18-6-9-27-19(14-18)29-24(32)17-4-2-15(3-5-17)20-21-22(25)28-10-11-31(21)23(30-20)16-7-12-33-13-8-16/h2-6,9-11,14,16H,7-8,12-13H2,(H2,25,28)(H,27,29,32). The number of pyridine rings is 1. The molecule has 0 bridgehead atoms. The zero-order valence-corrected chi connectivity index (χ0v) is 17.7. The Kier molecular flexibility index (Phi) is 5.42. The van der Waals surface area contributed by atoms with Crippen LogP contribution >= 0.6 is 0 Å². The number of hydrogen-bond acceptors (Lipinski definition) is 6. The number of carbonyl (C=O) groups is 1. The van der Waals surface area contributed by atoms with Gasteiger partial charge >= 0.3 is 0 Å². The third kappa shape index (κ3) is 4.00. The summed E-state index contributed by atoms with van der Waals surface area (Å²) in [6, 6.07) is 10.3. The van der Waals surface area contributed by atoms with Crippen LogP contribution in [0.1, 0.15) is 34.9 Å². The van der Waals surface area contributed by atoms with Crippen molar-refractivity contribution in [3.63, 3.8) is 0 Å². The van der Waals surface area contributed by atoms with Crippen LogP contribution in [0.4, 0.5) is 17.3 Å². The first-order chi connectivity index (χ1) is 16.1. The van der Waals surface area contributed by atoms with E-state index in [4.69, 9.17) is 22.0 Å². The van der Waals surface area contributed by atoms with Crippen LogP contribution in [0.5, 0.6) is 0 Å². The predicted octanol–water partition coefficient (Wildman–Crippen LogP) is 4.07. The third-order valence-electron chi connectivity index (χ3n) is 5.73. The topological polar surface area (TPSA) is 112 Å². The number of fused-ring (bicyclic) bond motifs is 1. The number of amides is 1. The summed E-state index contributed by atoms with van der Waals surface area (Å²) in [5.41, 5.74) is 9.45. The average Bonchev–Trinajstić information content (AvgIpc) is 3.26. The Balaban J connectivity index is 1.46. The van der Waals surface area contributed by atoms with E-state index >= 15 is 0 Å². The minimum Gasteiger partial charge on any atom is -0.382 e. The lowest BCUT2D eigenvalue weighted by molar-refractivity contribution is 0.0835. The van der Waals surface area contributed by atoms with Gasteiger partial charge in [-0.15, -0.1) is 0 Å². The molecule has 1 aliphatic rings. The minimum atomic E-state index is -0.310. The fraction of sp³-hybridized carbons (Fsp3) is 0.208. The molecule has 3 N–H and O–H groups in total.